The van der Waals surface area contributed by atoms with Crippen molar-refractivity contribution in [1.29, 1.82) is 5.26 Å². The van der Waals surface area contributed by atoms with Crippen molar-refractivity contribution >= 4 is 11.3 Å². The molecule has 58 valence electrons. The maximum absolute atomic E-state index is 8.41. The predicted octanol–water partition coefficient (Wildman–Crippen LogP) is 2.08. The second-order valence-electron chi connectivity index (χ2n) is 2.30. The van der Waals surface area contributed by atoms with Crippen molar-refractivity contribution in [3.05, 3.63) is 15.6 Å². The summed E-state index contributed by atoms with van der Waals surface area (Å²) in [5.41, 5.74) is 1.14. The standard InChI is InChI=1S/C8H10N2S/c1-3-7-6(2)11-8(10-7)4-5-9/h3-4H2,1-2H3. The Morgan fingerprint density at radius 3 is 2.82 bits per heavy atom. The average molecular weight is 166 g/mol. The molecule has 0 spiro atoms. The van der Waals surface area contributed by atoms with Crippen LogP contribution in [0.3, 0.4) is 0 Å². The molecule has 0 aliphatic heterocycles. The number of rotatable bonds is 2. The first-order valence-electron chi connectivity index (χ1n) is 3.60. The van der Waals surface area contributed by atoms with Gasteiger partial charge in [-0.3, -0.25) is 0 Å². The second kappa shape index (κ2) is 3.49. The van der Waals surface area contributed by atoms with Gasteiger partial charge in [-0.25, -0.2) is 4.98 Å². The van der Waals surface area contributed by atoms with Gasteiger partial charge in [0.15, 0.2) is 0 Å². The number of hydrogen-bond donors (Lipinski definition) is 0. The van der Waals surface area contributed by atoms with Crippen LogP contribution in [-0.2, 0) is 12.8 Å². The molecule has 0 saturated carbocycles. The Morgan fingerprint density at radius 1 is 1.64 bits per heavy atom. The summed E-state index contributed by atoms with van der Waals surface area (Å²) in [6.45, 7) is 4.13. The van der Waals surface area contributed by atoms with Crippen molar-refractivity contribution in [2.75, 3.05) is 0 Å². The molecular formula is C8H10N2S. The first-order valence-corrected chi connectivity index (χ1v) is 4.41. The number of aromatic nitrogens is 1. The van der Waals surface area contributed by atoms with Gasteiger partial charge in [-0.15, -0.1) is 11.3 Å². The quantitative estimate of drug-likeness (QED) is 0.674. The van der Waals surface area contributed by atoms with E-state index >= 15 is 0 Å². The number of aryl methyl sites for hydroxylation is 2. The van der Waals surface area contributed by atoms with E-state index in [9.17, 15) is 0 Å². The summed E-state index contributed by atoms with van der Waals surface area (Å²) in [7, 11) is 0. The molecule has 0 N–H and O–H groups in total. The lowest BCUT2D eigenvalue weighted by molar-refractivity contribution is 1.01. The molecule has 0 fully saturated rings. The Morgan fingerprint density at radius 2 is 2.36 bits per heavy atom. The van der Waals surface area contributed by atoms with Crippen LogP contribution >= 0.6 is 11.3 Å². The van der Waals surface area contributed by atoms with E-state index in [0.29, 0.717) is 6.42 Å². The first-order chi connectivity index (χ1) is 5.27. The van der Waals surface area contributed by atoms with Gasteiger partial charge in [-0.05, 0) is 13.3 Å². The van der Waals surface area contributed by atoms with Crippen LogP contribution in [0.2, 0.25) is 0 Å². The molecule has 0 bridgehead atoms. The molecule has 1 heterocycles. The third-order valence-corrected chi connectivity index (χ3v) is 2.52. The fourth-order valence-corrected chi connectivity index (χ4v) is 1.91. The maximum atomic E-state index is 8.41. The van der Waals surface area contributed by atoms with E-state index in [1.165, 1.54) is 4.88 Å². The van der Waals surface area contributed by atoms with Crippen molar-refractivity contribution in [3.8, 4) is 6.07 Å². The molecule has 0 unspecified atom stereocenters. The molecule has 1 aromatic rings. The third-order valence-electron chi connectivity index (χ3n) is 1.50. The van der Waals surface area contributed by atoms with Crippen LogP contribution < -0.4 is 0 Å². The van der Waals surface area contributed by atoms with Gasteiger partial charge < -0.3 is 0 Å². The molecule has 1 rings (SSSR count). The SMILES string of the molecule is CCc1nc(CC#N)sc1C. The summed E-state index contributed by atoms with van der Waals surface area (Å²) in [6.07, 6.45) is 1.42. The summed E-state index contributed by atoms with van der Waals surface area (Å²) in [5.74, 6) is 0. The lowest BCUT2D eigenvalue weighted by Gasteiger charge is -1.86. The monoisotopic (exact) mass is 166 g/mol. The van der Waals surface area contributed by atoms with E-state index < -0.39 is 0 Å². The normalized spacial score (nSPS) is 9.55. The van der Waals surface area contributed by atoms with Crippen LogP contribution in [-0.4, -0.2) is 4.98 Å². The van der Waals surface area contributed by atoms with Gasteiger partial charge in [0.25, 0.3) is 0 Å². The summed E-state index contributed by atoms with van der Waals surface area (Å²) in [4.78, 5) is 5.56. The van der Waals surface area contributed by atoms with Gasteiger partial charge in [-0.1, -0.05) is 6.92 Å². The Kier molecular flexibility index (Phi) is 2.61. The van der Waals surface area contributed by atoms with Crippen LogP contribution in [0.5, 0.6) is 0 Å². The van der Waals surface area contributed by atoms with Gasteiger partial charge in [0.2, 0.25) is 0 Å². The predicted molar refractivity (Wildman–Crippen MR) is 45.5 cm³/mol. The lowest BCUT2D eigenvalue weighted by Crippen LogP contribution is -1.83. The lowest BCUT2D eigenvalue weighted by atomic mass is 10.3. The molecular weight excluding hydrogens is 156 g/mol. The van der Waals surface area contributed by atoms with Gasteiger partial charge in [-0.2, -0.15) is 5.26 Å². The first kappa shape index (κ1) is 8.22. The van der Waals surface area contributed by atoms with E-state index in [4.69, 9.17) is 5.26 Å². The summed E-state index contributed by atoms with van der Waals surface area (Å²) >= 11 is 1.63. The average Bonchev–Trinajstić information content (AvgIpc) is 2.32. The summed E-state index contributed by atoms with van der Waals surface area (Å²) in [5, 5.41) is 9.36. The summed E-state index contributed by atoms with van der Waals surface area (Å²) in [6, 6.07) is 2.10. The molecule has 3 heteroatoms. The summed E-state index contributed by atoms with van der Waals surface area (Å²) < 4.78 is 0. The van der Waals surface area contributed by atoms with Crippen LogP contribution in [0.1, 0.15) is 22.5 Å². The molecule has 0 aliphatic rings. The molecule has 0 aliphatic carbocycles. The molecule has 2 nitrogen and oxygen atoms in total. The van der Waals surface area contributed by atoms with E-state index in [0.717, 1.165) is 17.1 Å². The fourth-order valence-electron chi connectivity index (χ4n) is 0.959. The zero-order valence-corrected chi connectivity index (χ0v) is 7.53. The molecule has 1 aromatic heterocycles. The van der Waals surface area contributed by atoms with Gasteiger partial charge in [0, 0.05) is 4.88 Å². The zero-order chi connectivity index (χ0) is 8.27. The minimum atomic E-state index is 0.450. The molecule has 0 saturated heterocycles. The van der Waals surface area contributed by atoms with Crippen molar-refractivity contribution in [2.45, 2.75) is 26.7 Å². The molecule has 0 radical (unpaired) electrons. The molecule has 0 atom stereocenters. The smallest absolute Gasteiger partial charge is 0.107 e. The van der Waals surface area contributed by atoms with Crippen LogP contribution in [0.25, 0.3) is 0 Å². The topological polar surface area (TPSA) is 36.7 Å². The molecule has 11 heavy (non-hydrogen) atoms. The Labute approximate surface area is 70.5 Å². The largest absolute Gasteiger partial charge is 0.245 e. The highest BCUT2D eigenvalue weighted by Crippen LogP contribution is 2.17. The third kappa shape index (κ3) is 1.78. The van der Waals surface area contributed by atoms with E-state index in [2.05, 4.69) is 24.9 Å². The van der Waals surface area contributed by atoms with E-state index in [1.807, 2.05) is 0 Å². The number of nitriles is 1. The van der Waals surface area contributed by atoms with Crippen LogP contribution in [0.4, 0.5) is 0 Å². The number of hydrogen-bond acceptors (Lipinski definition) is 3. The Balaban J connectivity index is 2.88. The van der Waals surface area contributed by atoms with E-state index in [-0.39, 0.29) is 0 Å². The highest BCUT2D eigenvalue weighted by Gasteiger charge is 2.03. The minimum absolute atomic E-state index is 0.450. The minimum Gasteiger partial charge on any atom is -0.245 e. The van der Waals surface area contributed by atoms with Crippen LogP contribution in [0.15, 0.2) is 0 Å². The van der Waals surface area contributed by atoms with Crippen LogP contribution in [0, 0.1) is 18.3 Å². The Bertz CT molecular complexity index is 283. The molecule has 0 aromatic carbocycles. The van der Waals surface area contributed by atoms with E-state index in [1.54, 1.807) is 11.3 Å². The highest BCUT2D eigenvalue weighted by molar-refractivity contribution is 7.11. The molecule has 0 amide bonds. The van der Waals surface area contributed by atoms with Crippen molar-refractivity contribution in [2.24, 2.45) is 0 Å². The Hall–Kier alpha value is -0.880. The number of thiazole rings is 1. The van der Waals surface area contributed by atoms with Gasteiger partial charge in [0.05, 0.1) is 18.2 Å². The van der Waals surface area contributed by atoms with Crippen molar-refractivity contribution < 1.29 is 0 Å². The second-order valence-corrected chi connectivity index (χ2v) is 3.59. The van der Waals surface area contributed by atoms with Gasteiger partial charge in [0.1, 0.15) is 5.01 Å². The van der Waals surface area contributed by atoms with Gasteiger partial charge >= 0.3 is 0 Å². The number of nitrogens with zero attached hydrogens (tertiary/aromatic N) is 2. The maximum Gasteiger partial charge on any atom is 0.107 e. The fraction of sp³-hybridized carbons (Fsp3) is 0.500. The highest BCUT2D eigenvalue weighted by atomic mass is 32.1. The van der Waals surface area contributed by atoms with Crippen molar-refractivity contribution in [1.82, 2.24) is 4.98 Å². The van der Waals surface area contributed by atoms with Crippen molar-refractivity contribution in [3.63, 3.8) is 0 Å². The zero-order valence-electron chi connectivity index (χ0n) is 6.72.